The van der Waals surface area contributed by atoms with Gasteiger partial charge in [0.15, 0.2) is 0 Å². The Hall–Kier alpha value is -0.830. The average molecular weight is 195 g/mol. The van der Waals surface area contributed by atoms with Crippen LogP contribution in [0.3, 0.4) is 0 Å². The minimum atomic E-state index is 0.193. The number of nitrogens with two attached hydrogens (primary N) is 1. The lowest BCUT2D eigenvalue weighted by Crippen LogP contribution is -2.35. The molecule has 3 heteroatoms. The molecule has 14 heavy (non-hydrogen) atoms. The summed E-state index contributed by atoms with van der Waals surface area (Å²) in [5, 5.41) is 4.13. The van der Waals surface area contributed by atoms with E-state index in [1.165, 1.54) is 5.69 Å². The molecule has 0 spiro atoms. The molecule has 0 aromatic carbocycles. The summed E-state index contributed by atoms with van der Waals surface area (Å²) in [5.41, 5.74) is 7.54. The zero-order valence-corrected chi connectivity index (χ0v) is 9.62. The molecule has 0 fully saturated rings. The fourth-order valence-corrected chi connectivity index (χ4v) is 1.38. The number of hydrogen-bond acceptors (Lipinski definition) is 2. The quantitative estimate of drug-likeness (QED) is 0.798. The van der Waals surface area contributed by atoms with E-state index in [4.69, 9.17) is 5.73 Å². The van der Waals surface area contributed by atoms with Crippen LogP contribution in [0.1, 0.15) is 32.9 Å². The van der Waals surface area contributed by atoms with Crippen LogP contribution < -0.4 is 5.73 Å². The highest BCUT2D eigenvalue weighted by atomic mass is 15.2. The summed E-state index contributed by atoms with van der Waals surface area (Å²) in [6.45, 7) is 6.54. The van der Waals surface area contributed by atoms with E-state index in [0.717, 1.165) is 12.8 Å². The lowest BCUT2D eigenvalue weighted by Gasteiger charge is -2.26. The van der Waals surface area contributed by atoms with Crippen LogP contribution in [0.25, 0.3) is 0 Å². The van der Waals surface area contributed by atoms with Crippen LogP contribution in [-0.4, -0.2) is 15.8 Å². The first kappa shape index (κ1) is 11.2. The molecule has 0 aliphatic carbocycles. The third-order valence-corrected chi connectivity index (χ3v) is 2.75. The van der Waals surface area contributed by atoms with E-state index in [-0.39, 0.29) is 11.5 Å². The summed E-state index contributed by atoms with van der Waals surface area (Å²) in [7, 11) is 1.97. The first-order valence-electron chi connectivity index (χ1n) is 5.13. The van der Waals surface area contributed by atoms with E-state index in [2.05, 4.69) is 31.9 Å². The van der Waals surface area contributed by atoms with Gasteiger partial charge in [0.2, 0.25) is 0 Å². The normalized spacial score (nSPS) is 14.4. The van der Waals surface area contributed by atoms with E-state index in [0.29, 0.717) is 0 Å². The summed E-state index contributed by atoms with van der Waals surface area (Å²) in [4.78, 5) is 0. The van der Waals surface area contributed by atoms with Crippen LogP contribution in [-0.2, 0) is 13.5 Å². The highest BCUT2D eigenvalue weighted by Gasteiger charge is 2.20. The molecule has 1 atom stereocenters. The molecule has 0 aliphatic rings. The van der Waals surface area contributed by atoms with Gasteiger partial charge >= 0.3 is 0 Å². The van der Waals surface area contributed by atoms with E-state index >= 15 is 0 Å². The van der Waals surface area contributed by atoms with Gasteiger partial charge in [-0.25, -0.2) is 0 Å². The van der Waals surface area contributed by atoms with Crippen molar-refractivity contribution in [3.8, 4) is 0 Å². The fourth-order valence-electron chi connectivity index (χ4n) is 1.38. The first-order valence-corrected chi connectivity index (χ1v) is 5.13. The monoisotopic (exact) mass is 195 g/mol. The van der Waals surface area contributed by atoms with Crippen molar-refractivity contribution in [3.05, 3.63) is 18.0 Å². The third kappa shape index (κ3) is 2.84. The molecule has 0 saturated carbocycles. The Balaban J connectivity index is 2.46. The lowest BCUT2D eigenvalue weighted by molar-refractivity contribution is 0.304. The molecular weight excluding hydrogens is 174 g/mol. The minimum absolute atomic E-state index is 0.193. The van der Waals surface area contributed by atoms with Crippen molar-refractivity contribution >= 4 is 0 Å². The minimum Gasteiger partial charge on any atom is -0.327 e. The molecule has 0 saturated heterocycles. The second kappa shape index (κ2) is 4.13. The summed E-state index contributed by atoms with van der Waals surface area (Å²) < 4.78 is 1.91. The molecule has 0 radical (unpaired) electrons. The van der Waals surface area contributed by atoms with Crippen LogP contribution in [0, 0.1) is 5.41 Å². The second-order valence-electron chi connectivity index (χ2n) is 4.96. The molecule has 1 aromatic rings. The molecule has 80 valence electrons. The molecule has 1 heterocycles. The molecule has 3 nitrogen and oxygen atoms in total. The molecule has 1 rings (SSSR count). The SMILES string of the molecule is Cn1nccc1CCC(N)C(C)(C)C. The summed E-state index contributed by atoms with van der Waals surface area (Å²) in [6, 6.07) is 2.30. The Labute approximate surface area is 86.3 Å². The van der Waals surface area contributed by atoms with Crippen molar-refractivity contribution in [2.45, 2.75) is 39.7 Å². The zero-order chi connectivity index (χ0) is 10.8. The van der Waals surface area contributed by atoms with Crippen LogP contribution in [0.5, 0.6) is 0 Å². The highest BCUT2D eigenvalue weighted by Crippen LogP contribution is 2.20. The first-order chi connectivity index (χ1) is 6.41. The molecule has 1 aromatic heterocycles. The Bertz CT molecular complexity index is 283. The van der Waals surface area contributed by atoms with Crippen molar-refractivity contribution in [1.82, 2.24) is 9.78 Å². The van der Waals surface area contributed by atoms with Gasteiger partial charge in [-0.3, -0.25) is 4.68 Å². The van der Waals surface area contributed by atoms with Gasteiger partial charge in [-0.2, -0.15) is 5.10 Å². The van der Waals surface area contributed by atoms with Crippen LogP contribution >= 0.6 is 0 Å². The number of nitrogens with zero attached hydrogens (tertiary/aromatic N) is 2. The maximum Gasteiger partial charge on any atom is 0.0492 e. The largest absolute Gasteiger partial charge is 0.327 e. The average Bonchev–Trinajstić information content (AvgIpc) is 2.45. The van der Waals surface area contributed by atoms with Gasteiger partial charge in [0.1, 0.15) is 0 Å². The van der Waals surface area contributed by atoms with Gasteiger partial charge in [0.05, 0.1) is 0 Å². The lowest BCUT2D eigenvalue weighted by atomic mass is 9.84. The molecule has 0 amide bonds. The summed E-state index contributed by atoms with van der Waals surface area (Å²) in [6.07, 6.45) is 3.86. The maximum absolute atomic E-state index is 6.09. The Morgan fingerprint density at radius 2 is 2.14 bits per heavy atom. The van der Waals surface area contributed by atoms with Gasteiger partial charge in [-0.15, -0.1) is 0 Å². The fraction of sp³-hybridized carbons (Fsp3) is 0.727. The molecular formula is C11H21N3. The van der Waals surface area contributed by atoms with Crippen molar-refractivity contribution in [2.24, 2.45) is 18.2 Å². The number of rotatable bonds is 3. The Morgan fingerprint density at radius 3 is 2.57 bits per heavy atom. The third-order valence-electron chi connectivity index (χ3n) is 2.75. The maximum atomic E-state index is 6.09. The van der Waals surface area contributed by atoms with Crippen molar-refractivity contribution < 1.29 is 0 Å². The standard InChI is InChI=1S/C11H21N3/c1-11(2,3)10(12)6-5-9-7-8-13-14(9)4/h7-8,10H,5-6,12H2,1-4H3. The van der Waals surface area contributed by atoms with Crippen LogP contribution in [0.4, 0.5) is 0 Å². The van der Waals surface area contributed by atoms with Gasteiger partial charge < -0.3 is 5.73 Å². The second-order valence-corrected chi connectivity index (χ2v) is 4.96. The van der Waals surface area contributed by atoms with Gasteiger partial charge in [0.25, 0.3) is 0 Å². The number of aryl methyl sites for hydroxylation is 2. The van der Waals surface area contributed by atoms with Crippen LogP contribution in [0.2, 0.25) is 0 Å². The van der Waals surface area contributed by atoms with Crippen molar-refractivity contribution in [1.29, 1.82) is 0 Å². The Kier molecular flexibility index (Phi) is 3.32. The smallest absolute Gasteiger partial charge is 0.0492 e. The predicted molar refractivity (Wildman–Crippen MR) is 59.0 cm³/mol. The van der Waals surface area contributed by atoms with Gasteiger partial charge in [-0.1, -0.05) is 20.8 Å². The molecule has 0 aliphatic heterocycles. The van der Waals surface area contributed by atoms with Crippen LogP contribution in [0.15, 0.2) is 12.3 Å². The van der Waals surface area contributed by atoms with E-state index < -0.39 is 0 Å². The molecule has 1 unspecified atom stereocenters. The Morgan fingerprint density at radius 1 is 1.50 bits per heavy atom. The van der Waals surface area contributed by atoms with Gasteiger partial charge in [0, 0.05) is 25.0 Å². The molecule has 0 bridgehead atoms. The summed E-state index contributed by atoms with van der Waals surface area (Å²) >= 11 is 0. The van der Waals surface area contributed by atoms with Crippen molar-refractivity contribution in [3.63, 3.8) is 0 Å². The number of hydrogen-bond donors (Lipinski definition) is 1. The van der Waals surface area contributed by atoms with E-state index in [1.807, 2.05) is 17.9 Å². The van der Waals surface area contributed by atoms with Crippen molar-refractivity contribution in [2.75, 3.05) is 0 Å². The number of aromatic nitrogens is 2. The van der Waals surface area contributed by atoms with E-state index in [1.54, 1.807) is 0 Å². The summed E-state index contributed by atoms with van der Waals surface area (Å²) in [5.74, 6) is 0. The highest BCUT2D eigenvalue weighted by molar-refractivity contribution is 5.00. The van der Waals surface area contributed by atoms with E-state index in [9.17, 15) is 0 Å². The molecule has 2 N–H and O–H groups in total. The predicted octanol–water partition coefficient (Wildman–Crippen LogP) is 1.73. The topological polar surface area (TPSA) is 43.8 Å². The van der Waals surface area contributed by atoms with Gasteiger partial charge in [-0.05, 0) is 24.3 Å². The zero-order valence-electron chi connectivity index (χ0n) is 9.62.